The van der Waals surface area contributed by atoms with Gasteiger partial charge >= 0.3 is 6.18 Å². The fourth-order valence-corrected chi connectivity index (χ4v) is 6.54. The van der Waals surface area contributed by atoms with Crippen LogP contribution in [0, 0.1) is 0 Å². The summed E-state index contributed by atoms with van der Waals surface area (Å²) in [6.07, 6.45) is -6.42. The average molecular weight is 618 g/mol. The van der Waals surface area contributed by atoms with Crippen LogP contribution in [0.3, 0.4) is 0 Å². The smallest absolute Gasteiger partial charge is 0.452 e. The summed E-state index contributed by atoms with van der Waals surface area (Å²) in [7, 11) is -2.60. The Bertz CT molecular complexity index is 1330. The number of Topliss-reactive ketones (excluding diaryl/α,β-unsaturated/α-hetero) is 1. The zero-order chi connectivity index (χ0) is 29.6. The molecule has 216 valence electrons. The molecule has 0 fully saturated rings. The van der Waals surface area contributed by atoms with Gasteiger partial charge in [-0.2, -0.15) is 13.2 Å². The van der Waals surface area contributed by atoms with Crippen LogP contribution in [-0.2, 0) is 31.2 Å². The lowest BCUT2D eigenvalue weighted by molar-refractivity contribution is -0.181. The van der Waals surface area contributed by atoms with Crippen LogP contribution in [0.5, 0.6) is 5.75 Å². The minimum absolute atomic E-state index is 0.129. The average Bonchev–Trinajstić information content (AvgIpc) is 2.91. The van der Waals surface area contributed by atoms with Crippen molar-refractivity contribution in [3.8, 4) is 5.75 Å². The summed E-state index contributed by atoms with van der Waals surface area (Å²) in [6, 6.07) is 20.2. The fraction of sp³-hybridized carbons (Fsp3) is 0.345. The molecule has 3 aromatic carbocycles. The van der Waals surface area contributed by atoms with Crippen LogP contribution in [0.4, 0.5) is 13.2 Å². The van der Waals surface area contributed by atoms with Gasteiger partial charge in [-0.25, -0.2) is 8.42 Å². The largest absolute Gasteiger partial charge is 0.493 e. The lowest BCUT2D eigenvalue weighted by atomic mass is 9.74. The van der Waals surface area contributed by atoms with Gasteiger partial charge in [0.15, 0.2) is 9.84 Å². The van der Waals surface area contributed by atoms with Gasteiger partial charge in [-0.3, -0.25) is 4.79 Å². The van der Waals surface area contributed by atoms with E-state index >= 15 is 0 Å². The second-order valence-electron chi connectivity index (χ2n) is 9.32. The Balaban J connectivity index is 1.70. The second kappa shape index (κ2) is 13.4. The van der Waals surface area contributed by atoms with Gasteiger partial charge in [-0.1, -0.05) is 66.5 Å². The van der Waals surface area contributed by atoms with E-state index < -0.39 is 33.3 Å². The highest BCUT2D eigenvalue weighted by Crippen LogP contribution is 2.38. The zero-order valence-corrected chi connectivity index (χ0v) is 24.2. The first-order valence-electron chi connectivity index (χ1n) is 12.4. The quantitative estimate of drug-likeness (QED) is 0.209. The highest BCUT2D eigenvalue weighted by molar-refractivity contribution is 7.91. The minimum Gasteiger partial charge on any atom is -0.493 e. The number of benzene rings is 3. The number of hydrogen-bond donors (Lipinski definition) is 0. The van der Waals surface area contributed by atoms with Gasteiger partial charge in [0.2, 0.25) is 0 Å². The standard InChI is InChI=1S/C29H29Cl2F3O5S/c1-3-28(21-6-10-23(30)11-7-21,22-8-12-24(31)13-9-22)19-40(36,37)17-16-39-25-14-4-20(5-15-25)18-26(38-2)27(35)29(32,33)34/h4-15,26H,3,16-19H2,1-2H3. The van der Waals surface area contributed by atoms with Gasteiger partial charge < -0.3 is 9.47 Å². The number of sulfone groups is 1. The van der Waals surface area contributed by atoms with Crippen molar-refractivity contribution in [1.82, 2.24) is 0 Å². The highest BCUT2D eigenvalue weighted by atomic mass is 35.5. The van der Waals surface area contributed by atoms with Crippen molar-refractivity contribution in [3.05, 3.63) is 99.5 Å². The number of carbonyl (C=O) groups is 1. The van der Waals surface area contributed by atoms with Crippen molar-refractivity contribution in [2.45, 2.75) is 37.5 Å². The molecular weight excluding hydrogens is 588 g/mol. The Morgan fingerprint density at radius 2 is 1.38 bits per heavy atom. The van der Waals surface area contributed by atoms with Gasteiger partial charge in [-0.05, 0) is 59.5 Å². The number of alkyl halides is 3. The molecule has 1 atom stereocenters. The molecule has 0 spiro atoms. The Morgan fingerprint density at radius 1 is 0.875 bits per heavy atom. The van der Waals surface area contributed by atoms with Crippen molar-refractivity contribution < 1.29 is 35.9 Å². The maximum absolute atomic E-state index is 13.4. The number of halogens is 5. The third-order valence-electron chi connectivity index (χ3n) is 6.73. The SMILES string of the molecule is CCC(CS(=O)(=O)CCOc1ccc(CC(OC)C(=O)C(F)(F)F)cc1)(c1ccc(Cl)cc1)c1ccc(Cl)cc1. The van der Waals surface area contributed by atoms with E-state index in [0.29, 0.717) is 27.8 Å². The van der Waals surface area contributed by atoms with E-state index in [0.717, 1.165) is 18.2 Å². The lowest BCUT2D eigenvalue weighted by Gasteiger charge is -2.34. The Labute approximate surface area is 242 Å². The molecule has 0 saturated carbocycles. The molecule has 3 rings (SSSR count). The molecule has 11 heteroatoms. The molecule has 0 aliphatic rings. The topological polar surface area (TPSA) is 69.7 Å². The van der Waals surface area contributed by atoms with Crippen molar-refractivity contribution in [2.75, 3.05) is 25.2 Å². The van der Waals surface area contributed by atoms with Crippen LogP contribution < -0.4 is 4.74 Å². The molecule has 0 heterocycles. The fourth-order valence-electron chi connectivity index (χ4n) is 4.52. The van der Waals surface area contributed by atoms with Crippen LogP contribution in [0.2, 0.25) is 10.0 Å². The third-order valence-corrected chi connectivity index (χ3v) is 8.95. The monoisotopic (exact) mass is 616 g/mol. The molecule has 0 amide bonds. The maximum atomic E-state index is 13.4. The normalized spacial score (nSPS) is 13.2. The highest BCUT2D eigenvalue weighted by Gasteiger charge is 2.43. The molecule has 5 nitrogen and oxygen atoms in total. The summed E-state index contributed by atoms with van der Waals surface area (Å²) in [5, 5.41) is 1.08. The predicted molar refractivity (Wildman–Crippen MR) is 150 cm³/mol. The number of hydrogen-bond acceptors (Lipinski definition) is 5. The summed E-state index contributed by atoms with van der Waals surface area (Å²) in [5.74, 6) is -2.05. The van der Waals surface area contributed by atoms with E-state index in [-0.39, 0.29) is 24.5 Å². The molecular formula is C29H29Cl2F3O5S. The van der Waals surface area contributed by atoms with Crippen molar-refractivity contribution in [1.29, 1.82) is 0 Å². The number of methoxy groups -OCH3 is 1. The van der Waals surface area contributed by atoms with E-state index in [9.17, 15) is 26.4 Å². The molecule has 3 aromatic rings. The molecule has 40 heavy (non-hydrogen) atoms. The molecule has 1 unspecified atom stereocenters. The summed E-state index contributed by atoms with van der Waals surface area (Å²) in [5.41, 5.74) is 1.20. The summed E-state index contributed by atoms with van der Waals surface area (Å²) in [6.45, 7) is 1.79. The van der Waals surface area contributed by atoms with Gasteiger partial charge in [0.1, 0.15) is 18.5 Å². The van der Waals surface area contributed by atoms with Crippen LogP contribution in [0.15, 0.2) is 72.8 Å². The zero-order valence-electron chi connectivity index (χ0n) is 21.9. The molecule has 0 N–H and O–H groups in total. The van der Waals surface area contributed by atoms with Gasteiger partial charge in [-0.15, -0.1) is 0 Å². The van der Waals surface area contributed by atoms with E-state index in [1.54, 1.807) is 24.3 Å². The van der Waals surface area contributed by atoms with Crippen LogP contribution in [-0.4, -0.2) is 51.7 Å². The predicted octanol–water partition coefficient (Wildman–Crippen LogP) is 6.87. The van der Waals surface area contributed by atoms with Crippen LogP contribution in [0.1, 0.15) is 30.0 Å². The van der Waals surface area contributed by atoms with Gasteiger partial charge in [0.25, 0.3) is 5.78 Å². The number of ketones is 1. The molecule has 0 bridgehead atoms. The molecule has 0 radical (unpaired) electrons. The van der Waals surface area contributed by atoms with Crippen LogP contribution in [0.25, 0.3) is 0 Å². The van der Waals surface area contributed by atoms with E-state index in [4.69, 9.17) is 32.7 Å². The second-order valence-corrected chi connectivity index (χ2v) is 12.4. The van der Waals surface area contributed by atoms with Gasteiger partial charge in [0.05, 0.1) is 11.5 Å². The molecule has 0 aliphatic heterocycles. The third kappa shape index (κ3) is 8.22. The first kappa shape index (κ1) is 31.9. The van der Waals surface area contributed by atoms with Crippen molar-refractivity contribution >= 4 is 38.8 Å². The lowest BCUT2D eigenvalue weighted by Crippen LogP contribution is -2.37. The van der Waals surface area contributed by atoms with E-state index in [1.807, 2.05) is 31.2 Å². The Hall–Kier alpha value is -2.59. The minimum atomic E-state index is -4.99. The van der Waals surface area contributed by atoms with E-state index in [1.165, 1.54) is 24.3 Å². The van der Waals surface area contributed by atoms with Crippen LogP contribution >= 0.6 is 23.2 Å². The van der Waals surface area contributed by atoms with Gasteiger partial charge in [0, 0.05) is 29.0 Å². The maximum Gasteiger partial charge on any atom is 0.452 e. The Kier molecular flexibility index (Phi) is 10.7. The number of rotatable bonds is 13. The molecule has 0 aliphatic carbocycles. The summed E-state index contributed by atoms with van der Waals surface area (Å²) in [4.78, 5) is 11.5. The summed E-state index contributed by atoms with van der Waals surface area (Å²) >= 11 is 12.2. The first-order valence-corrected chi connectivity index (χ1v) is 15.0. The Morgan fingerprint density at radius 3 is 1.80 bits per heavy atom. The first-order chi connectivity index (χ1) is 18.8. The summed E-state index contributed by atoms with van der Waals surface area (Å²) < 4.78 is 75.3. The number of carbonyl (C=O) groups excluding carboxylic acids is 1. The number of ether oxygens (including phenoxy) is 2. The van der Waals surface area contributed by atoms with Crippen molar-refractivity contribution in [3.63, 3.8) is 0 Å². The molecule has 0 saturated heterocycles. The van der Waals surface area contributed by atoms with E-state index in [2.05, 4.69) is 0 Å². The van der Waals surface area contributed by atoms with Crippen molar-refractivity contribution in [2.24, 2.45) is 0 Å². The molecule has 0 aromatic heterocycles.